The van der Waals surface area contributed by atoms with Gasteiger partial charge in [-0.2, -0.15) is 0 Å². The highest BCUT2D eigenvalue weighted by atomic mass is 16.5. The van der Waals surface area contributed by atoms with E-state index in [0.29, 0.717) is 13.2 Å². The maximum Gasteiger partial charge on any atom is 0.0700 e. The fourth-order valence-corrected chi connectivity index (χ4v) is 1.19. The summed E-state index contributed by atoms with van der Waals surface area (Å²) < 4.78 is 10.2. The first-order chi connectivity index (χ1) is 7.27. The molecule has 4 nitrogen and oxygen atoms in total. The van der Waals surface area contributed by atoms with Crippen molar-refractivity contribution in [2.45, 2.75) is 32.3 Å². The van der Waals surface area contributed by atoms with E-state index in [0.717, 1.165) is 39.0 Å². The Hall–Kier alpha value is -0.160. The molecule has 4 heteroatoms. The highest BCUT2D eigenvalue weighted by Gasteiger charge is 1.94. The summed E-state index contributed by atoms with van der Waals surface area (Å²) in [6.45, 7) is 5.91. The third-order valence-corrected chi connectivity index (χ3v) is 2.05. The highest BCUT2D eigenvalue weighted by molar-refractivity contribution is 4.52. The molecule has 0 aromatic rings. The predicted molar refractivity (Wildman–Crippen MR) is 61.1 cm³/mol. The van der Waals surface area contributed by atoms with Crippen LogP contribution < -0.4 is 5.32 Å². The molecule has 1 atom stereocenters. The van der Waals surface area contributed by atoms with Gasteiger partial charge in [0.1, 0.15) is 0 Å². The Bertz CT molecular complexity index is 120. The largest absolute Gasteiger partial charge is 0.393 e. The molecule has 0 aliphatic heterocycles. The number of aliphatic hydroxyl groups is 1. The first kappa shape index (κ1) is 14.8. The smallest absolute Gasteiger partial charge is 0.0700 e. The van der Waals surface area contributed by atoms with Gasteiger partial charge >= 0.3 is 0 Å². The van der Waals surface area contributed by atoms with Crippen molar-refractivity contribution in [3.05, 3.63) is 0 Å². The first-order valence-electron chi connectivity index (χ1n) is 5.73. The zero-order valence-electron chi connectivity index (χ0n) is 10.00. The molecule has 15 heavy (non-hydrogen) atoms. The second kappa shape index (κ2) is 11.9. The van der Waals surface area contributed by atoms with Gasteiger partial charge in [0, 0.05) is 13.7 Å². The van der Waals surface area contributed by atoms with Crippen molar-refractivity contribution in [2.24, 2.45) is 0 Å². The summed E-state index contributed by atoms with van der Waals surface area (Å²) >= 11 is 0. The number of rotatable bonds is 11. The summed E-state index contributed by atoms with van der Waals surface area (Å²) in [6, 6.07) is 0. The van der Waals surface area contributed by atoms with Gasteiger partial charge in [0.2, 0.25) is 0 Å². The van der Waals surface area contributed by atoms with Crippen LogP contribution in [0.1, 0.15) is 26.2 Å². The summed E-state index contributed by atoms with van der Waals surface area (Å²) in [7, 11) is 1.67. The van der Waals surface area contributed by atoms with Crippen LogP contribution in [0, 0.1) is 0 Å². The second-order valence-corrected chi connectivity index (χ2v) is 3.70. The summed E-state index contributed by atoms with van der Waals surface area (Å²) in [5.41, 5.74) is 0. The van der Waals surface area contributed by atoms with E-state index in [-0.39, 0.29) is 6.10 Å². The van der Waals surface area contributed by atoms with Crippen molar-refractivity contribution < 1.29 is 14.6 Å². The molecule has 92 valence electrons. The van der Waals surface area contributed by atoms with Crippen LogP contribution in [0.2, 0.25) is 0 Å². The molecule has 0 rings (SSSR count). The van der Waals surface area contributed by atoms with Gasteiger partial charge in [-0.3, -0.25) is 0 Å². The number of aliphatic hydroxyl groups excluding tert-OH is 1. The molecule has 0 spiro atoms. The normalized spacial score (nSPS) is 13.0. The third kappa shape index (κ3) is 13.8. The van der Waals surface area contributed by atoms with E-state index in [2.05, 4.69) is 5.32 Å². The molecule has 0 saturated heterocycles. The molecule has 1 unspecified atom stereocenters. The van der Waals surface area contributed by atoms with E-state index < -0.39 is 0 Å². The van der Waals surface area contributed by atoms with Crippen LogP contribution in [-0.2, 0) is 9.47 Å². The van der Waals surface area contributed by atoms with Crippen LogP contribution in [0.15, 0.2) is 0 Å². The van der Waals surface area contributed by atoms with Crippen LogP contribution >= 0.6 is 0 Å². The molecule has 2 N–H and O–H groups in total. The lowest BCUT2D eigenvalue weighted by molar-refractivity contribution is 0.0695. The quantitative estimate of drug-likeness (QED) is 0.504. The van der Waals surface area contributed by atoms with Gasteiger partial charge in [0.25, 0.3) is 0 Å². The van der Waals surface area contributed by atoms with Gasteiger partial charge < -0.3 is 19.9 Å². The van der Waals surface area contributed by atoms with Crippen LogP contribution in [0.3, 0.4) is 0 Å². The zero-order valence-corrected chi connectivity index (χ0v) is 10.00. The molecule has 0 amide bonds. The third-order valence-electron chi connectivity index (χ3n) is 2.05. The Morgan fingerprint density at radius 2 is 1.87 bits per heavy atom. The molecule has 0 aliphatic rings. The molecule has 0 aliphatic carbocycles. The maximum atomic E-state index is 9.02. The average Bonchev–Trinajstić information content (AvgIpc) is 2.20. The number of hydrogen-bond donors (Lipinski definition) is 2. The first-order valence-corrected chi connectivity index (χ1v) is 5.73. The van der Waals surface area contributed by atoms with Gasteiger partial charge in [0.15, 0.2) is 0 Å². The van der Waals surface area contributed by atoms with E-state index in [1.807, 2.05) is 6.92 Å². The van der Waals surface area contributed by atoms with E-state index in [4.69, 9.17) is 14.6 Å². The van der Waals surface area contributed by atoms with Crippen LogP contribution in [0.5, 0.6) is 0 Å². The van der Waals surface area contributed by atoms with Gasteiger partial charge in [-0.25, -0.2) is 0 Å². The van der Waals surface area contributed by atoms with Crippen LogP contribution in [0.25, 0.3) is 0 Å². The Morgan fingerprint density at radius 3 is 2.53 bits per heavy atom. The van der Waals surface area contributed by atoms with E-state index >= 15 is 0 Å². The number of ether oxygens (including phenoxy) is 2. The Morgan fingerprint density at radius 1 is 1.13 bits per heavy atom. The van der Waals surface area contributed by atoms with Crippen molar-refractivity contribution >= 4 is 0 Å². The fourth-order valence-electron chi connectivity index (χ4n) is 1.19. The van der Waals surface area contributed by atoms with Crippen molar-refractivity contribution in [3.8, 4) is 0 Å². The summed E-state index contributed by atoms with van der Waals surface area (Å²) in [4.78, 5) is 0. The minimum absolute atomic E-state index is 0.177. The highest BCUT2D eigenvalue weighted by Crippen LogP contribution is 1.93. The topological polar surface area (TPSA) is 50.7 Å². The van der Waals surface area contributed by atoms with Gasteiger partial charge in [-0.15, -0.1) is 0 Å². The zero-order chi connectivity index (χ0) is 11.4. The molecular weight excluding hydrogens is 194 g/mol. The van der Waals surface area contributed by atoms with Gasteiger partial charge in [-0.05, 0) is 39.3 Å². The predicted octanol–water partition coefficient (Wildman–Crippen LogP) is 0.790. The molecule has 0 aromatic heterocycles. The lowest BCUT2D eigenvalue weighted by Gasteiger charge is -2.06. The molecule has 0 saturated carbocycles. The number of hydrogen-bond acceptors (Lipinski definition) is 4. The van der Waals surface area contributed by atoms with Crippen molar-refractivity contribution in [3.63, 3.8) is 0 Å². The number of methoxy groups -OCH3 is 1. The monoisotopic (exact) mass is 219 g/mol. The Balaban J connectivity index is 2.87. The molecule has 0 radical (unpaired) electrons. The molecular formula is C11H25NO3. The number of nitrogens with one attached hydrogen (secondary N) is 1. The van der Waals surface area contributed by atoms with Gasteiger partial charge in [-0.1, -0.05) is 0 Å². The van der Waals surface area contributed by atoms with Crippen LogP contribution in [0.4, 0.5) is 0 Å². The van der Waals surface area contributed by atoms with Crippen molar-refractivity contribution in [1.82, 2.24) is 5.32 Å². The lowest BCUT2D eigenvalue weighted by Crippen LogP contribution is -2.19. The lowest BCUT2D eigenvalue weighted by atomic mass is 10.2. The fraction of sp³-hybridized carbons (Fsp3) is 1.00. The van der Waals surface area contributed by atoms with E-state index in [1.165, 1.54) is 0 Å². The average molecular weight is 219 g/mol. The molecule has 0 fully saturated rings. The van der Waals surface area contributed by atoms with E-state index in [1.54, 1.807) is 7.11 Å². The van der Waals surface area contributed by atoms with E-state index in [9.17, 15) is 0 Å². The molecule has 0 heterocycles. The van der Waals surface area contributed by atoms with Crippen molar-refractivity contribution in [1.29, 1.82) is 0 Å². The van der Waals surface area contributed by atoms with Crippen LogP contribution in [-0.4, -0.2) is 51.2 Å². The molecule has 0 aromatic carbocycles. The maximum absolute atomic E-state index is 9.02. The van der Waals surface area contributed by atoms with Crippen molar-refractivity contribution in [2.75, 3.05) is 40.0 Å². The molecule has 0 bridgehead atoms. The summed E-state index contributed by atoms with van der Waals surface area (Å²) in [5.74, 6) is 0. The standard InChI is InChI=1S/C11H25NO3/c1-11(13)5-3-6-12-7-4-8-15-10-9-14-2/h11-13H,3-10H2,1-2H3. The van der Waals surface area contributed by atoms with Gasteiger partial charge in [0.05, 0.1) is 19.3 Å². The minimum atomic E-state index is -0.177. The second-order valence-electron chi connectivity index (χ2n) is 3.70. The summed E-state index contributed by atoms with van der Waals surface area (Å²) in [5, 5.41) is 12.3. The summed E-state index contributed by atoms with van der Waals surface area (Å²) in [6.07, 6.45) is 2.75. The Kier molecular flexibility index (Phi) is 11.8. The SMILES string of the molecule is COCCOCCCNCCCC(C)O. The minimum Gasteiger partial charge on any atom is -0.393 e. The Labute approximate surface area is 93.0 Å².